The lowest BCUT2D eigenvalue weighted by molar-refractivity contribution is 0.590. The average molecular weight is 144 g/mol. The standard InChI is InChI=1S/C4H12N6/c1-10(2)4(9-7)8-3(5)6/h7H2,1-2H3,(H4,5,6,8,9). The van der Waals surface area contributed by atoms with Gasteiger partial charge in [0.1, 0.15) is 0 Å². The Morgan fingerprint density at radius 1 is 1.60 bits per heavy atom. The van der Waals surface area contributed by atoms with Gasteiger partial charge in [0.05, 0.1) is 0 Å². The average Bonchev–Trinajstić information content (AvgIpc) is 1.81. The lowest BCUT2D eigenvalue weighted by atomic mass is 10.8. The lowest BCUT2D eigenvalue weighted by Gasteiger charge is -2.13. The normalized spacial score (nSPS) is 10.9. The van der Waals surface area contributed by atoms with Crippen LogP contribution in [0, 0.1) is 5.41 Å². The minimum Gasteiger partial charge on any atom is -0.368 e. The molecule has 0 saturated carbocycles. The molecule has 0 aliphatic carbocycles. The summed E-state index contributed by atoms with van der Waals surface area (Å²) >= 11 is 0. The summed E-state index contributed by atoms with van der Waals surface area (Å²) in [4.78, 5) is 5.18. The van der Waals surface area contributed by atoms with Crippen molar-refractivity contribution in [2.45, 2.75) is 0 Å². The molecule has 0 aromatic rings. The highest BCUT2D eigenvalue weighted by atomic mass is 15.4. The fourth-order valence-corrected chi connectivity index (χ4v) is 0.375. The van der Waals surface area contributed by atoms with E-state index in [0.717, 1.165) is 0 Å². The molecule has 0 heterocycles. The molecule has 0 fully saturated rings. The van der Waals surface area contributed by atoms with Crippen LogP contribution in [0.3, 0.4) is 0 Å². The van der Waals surface area contributed by atoms with Crippen LogP contribution in [-0.2, 0) is 0 Å². The van der Waals surface area contributed by atoms with Crippen LogP contribution >= 0.6 is 0 Å². The number of guanidine groups is 2. The monoisotopic (exact) mass is 144 g/mol. The van der Waals surface area contributed by atoms with Gasteiger partial charge in [-0.25, -0.2) is 5.84 Å². The molecule has 0 aliphatic rings. The first-order valence-electron chi connectivity index (χ1n) is 2.64. The maximum absolute atomic E-state index is 6.79. The van der Waals surface area contributed by atoms with E-state index in [0.29, 0.717) is 5.96 Å². The van der Waals surface area contributed by atoms with E-state index >= 15 is 0 Å². The van der Waals surface area contributed by atoms with Crippen molar-refractivity contribution in [1.82, 2.24) is 10.3 Å². The van der Waals surface area contributed by atoms with Gasteiger partial charge >= 0.3 is 0 Å². The second-order valence-electron chi connectivity index (χ2n) is 1.86. The first-order chi connectivity index (χ1) is 4.57. The van der Waals surface area contributed by atoms with Gasteiger partial charge in [-0.15, -0.1) is 0 Å². The molecule has 0 spiro atoms. The molecule has 0 amide bonds. The number of rotatable bonds is 0. The zero-order valence-corrected chi connectivity index (χ0v) is 6.05. The van der Waals surface area contributed by atoms with E-state index < -0.39 is 0 Å². The van der Waals surface area contributed by atoms with Crippen LogP contribution in [0.25, 0.3) is 0 Å². The molecule has 0 radical (unpaired) electrons. The Balaban J connectivity index is 4.18. The Bertz CT molecular complexity index is 148. The van der Waals surface area contributed by atoms with E-state index in [1.165, 1.54) is 0 Å². The van der Waals surface area contributed by atoms with Crippen LogP contribution in [0.1, 0.15) is 0 Å². The number of nitrogens with two attached hydrogens (primary N) is 2. The summed E-state index contributed by atoms with van der Waals surface area (Å²) < 4.78 is 0. The predicted molar refractivity (Wildman–Crippen MR) is 40.4 cm³/mol. The third-order valence-corrected chi connectivity index (χ3v) is 0.779. The van der Waals surface area contributed by atoms with Gasteiger partial charge in [-0.1, -0.05) is 0 Å². The topological polar surface area (TPSA) is 104 Å². The summed E-state index contributed by atoms with van der Waals surface area (Å²) in [5, 5.41) is 6.79. The van der Waals surface area contributed by atoms with Crippen LogP contribution in [0.5, 0.6) is 0 Å². The van der Waals surface area contributed by atoms with E-state index in [9.17, 15) is 0 Å². The first-order valence-corrected chi connectivity index (χ1v) is 2.64. The Morgan fingerprint density at radius 2 is 2.10 bits per heavy atom. The van der Waals surface area contributed by atoms with Crippen molar-refractivity contribution in [2.75, 3.05) is 14.1 Å². The summed E-state index contributed by atoms with van der Waals surface area (Å²) in [5.74, 6) is 5.13. The third kappa shape index (κ3) is 2.88. The van der Waals surface area contributed by atoms with Gasteiger partial charge in [-0.3, -0.25) is 10.8 Å². The number of aliphatic imine (C=N–C) groups is 1. The minimum absolute atomic E-state index is 0.276. The van der Waals surface area contributed by atoms with E-state index in [-0.39, 0.29) is 5.96 Å². The Hall–Kier alpha value is -1.30. The molecular weight excluding hydrogens is 132 g/mol. The number of hydrogen-bond acceptors (Lipinski definition) is 2. The van der Waals surface area contributed by atoms with Crippen molar-refractivity contribution >= 4 is 11.9 Å². The number of nitrogens with one attached hydrogen (secondary N) is 2. The summed E-state index contributed by atoms with van der Waals surface area (Å²) in [6, 6.07) is 0. The summed E-state index contributed by atoms with van der Waals surface area (Å²) in [5.41, 5.74) is 7.27. The van der Waals surface area contributed by atoms with Crippen molar-refractivity contribution in [3.63, 3.8) is 0 Å². The summed E-state index contributed by atoms with van der Waals surface area (Å²) in [6.45, 7) is 0. The second-order valence-corrected chi connectivity index (χ2v) is 1.86. The number of hydrazine groups is 1. The molecule has 0 aliphatic heterocycles. The molecule has 10 heavy (non-hydrogen) atoms. The van der Waals surface area contributed by atoms with Gasteiger partial charge in [0.15, 0.2) is 0 Å². The molecule has 6 nitrogen and oxygen atoms in total. The third-order valence-electron chi connectivity index (χ3n) is 0.779. The van der Waals surface area contributed by atoms with Crippen molar-refractivity contribution in [3.8, 4) is 0 Å². The smallest absolute Gasteiger partial charge is 0.215 e. The van der Waals surface area contributed by atoms with Crippen molar-refractivity contribution in [2.24, 2.45) is 16.6 Å². The molecule has 58 valence electrons. The van der Waals surface area contributed by atoms with Gasteiger partial charge in [-0.05, 0) is 0 Å². The second kappa shape index (κ2) is 3.67. The van der Waals surface area contributed by atoms with Crippen LogP contribution in [0.4, 0.5) is 0 Å². The van der Waals surface area contributed by atoms with Gasteiger partial charge < -0.3 is 10.6 Å². The van der Waals surface area contributed by atoms with Gasteiger partial charge in [0, 0.05) is 14.1 Å². The molecular formula is C4H12N6. The van der Waals surface area contributed by atoms with Crippen molar-refractivity contribution in [3.05, 3.63) is 0 Å². The molecule has 0 aromatic heterocycles. The van der Waals surface area contributed by atoms with Gasteiger partial charge in [0.25, 0.3) is 0 Å². The zero-order chi connectivity index (χ0) is 8.15. The summed E-state index contributed by atoms with van der Waals surface area (Å²) in [7, 11) is 3.48. The van der Waals surface area contributed by atoms with Crippen LogP contribution < -0.4 is 17.0 Å². The van der Waals surface area contributed by atoms with Gasteiger partial charge in [0.2, 0.25) is 11.9 Å². The molecule has 6 heteroatoms. The largest absolute Gasteiger partial charge is 0.368 e. The highest BCUT2D eigenvalue weighted by Crippen LogP contribution is 1.76. The highest BCUT2D eigenvalue weighted by molar-refractivity contribution is 5.92. The predicted octanol–water partition coefficient (Wildman–Crippen LogP) is -1.74. The van der Waals surface area contributed by atoms with Crippen molar-refractivity contribution in [1.29, 1.82) is 5.41 Å². The molecule has 0 rings (SSSR count). The SMILES string of the molecule is CN(C)C(=NC(=N)N)NN. The lowest BCUT2D eigenvalue weighted by Crippen LogP contribution is -2.41. The number of nitrogens with zero attached hydrogens (tertiary/aromatic N) is 2. The maximum atomic E-state index is 6.79. The fourth-order valence-electron chi connectivity index (χ4n) is 0.375. The van der Waals surface area contributed by atoms with E-state index in [1.807, 2.05) is 0 Å². The quantitative estimate of drug-likeness (QED) is 0.140. The van der Waals surface area contributed by atoms with Crippen LogP contribution in [0.2, 0.25) is 0 Å². The van der Waals surface area contributed by atoms with Crippen LogP contribution in [-0.4, -0.2) is 30.9 Å². The van der Waals surface area contributed by atoms with Crippen LogP contribution in [0.15, 0.2) is 4.99 Å². The van der Waals surface area contributed by atoms with Crippen molar-refractivity contribution < 1.29 is 0 Å². The molecule has 0 unspecified atom stereocenters. The Labute approximate surface area is 59.4 Å². The Morgan fingerprint density at radius 3 is 2.20 bits per heavy atom. The zero-order valence-electron chi connectivity index (χ0n) is 6.05. The molecule has 0 bridgehead atoms. The summed E-state index contributed by atoms with van der Waals surface area (Å²) in [6.07, 6.45) is 0. The van der Waals surface area contributed by atoms with Gasteiger partial charge in [-0.2, -0.15) is 4.99 Å². The van der Waals surface area contributed by atoms with E-state index in [4.69, 9.17) is 17.0 Å². The fraction of sp³-hybridized carbons (Fsp3) is 0.500. The molecule has 0 aromatic carbocycles. The minimum atomic E-state index is -0.276. The number of hydrogen-bond donors (Lipinski definition) is 4. The highest BCUT2D eigenvalue weighted by Gasteiger charge is 1.96. The van der Waals surface area contributed by atoms with E-state index in [2.05, 4.69) is 10.4 Å². The first kappa shape index (κ1) is 8.70. The van der Waals surface area contributed by atoms with E-state index in [1.54, 1.807) is 19.0 Å². The molecule has 6 N–H and O–H groups in total. The molecule has 0 saturated heterocycles. The Kier molecular flexibility index (Phi) is 3.20. The maximum Gasteiger partial charge on any atom is 0.215 e. The molecule has 0 atom stereocenters.